The van der Waals surface area contributed by atoms with Gasteiger partial charge in [-0.3, -0.25) is 4.79 Å². The summed E-state index contributed by atoms with van der Waals surface area (Å²) in [5, 5.41) is 4.23. The molecular formula is C5H7FN2O3S2. The van der Waals surface area contributed by atoms with Crippen LogP contribution >= 0.6 is 11.3 Å². The van der Waals surface area contributed by atoms with Crippen molar-refractivity contribution >= 4 is 21.6 Å². The van der Waals surface area contributed by atoms with Gasteiger partial charge in [-0.2, -0.15) is 13.5 Å². The maximum Gasteiger partial charge on any atom is 0.325 e. The van der Waals surface area contributed by atoms with E-state index in [-0.39, 0.29) is 11.4 Å². The minimum atomic E-state index is -4.52. The Morgan fingerprint density at radius 1 is 1.62 bits per heavy atom. The number of rotatable bonds is 3. The summed E-state index contributed by atoms with van der Waals surface area (Å²) in [6.07, 6.45) is 0. The molecule has 13 heavy (non-hydrogen) atoms. The van der Waals surface area contributed by atoms with Crippen LogP contribution < -0.4 is 4.87 Å². The van der Waals surface area contributed by atoms with Gasteiger partial charge in [0.15, 0.2) is 0 Å². The number of hydrogen-bond acceptors (Lipinski definition) is 5. The quantitative estimate of drug-likeness (QED) is 0.675. The van der Waals surface area contributed by atoms with Crippen molar-refractivity contribution in [2.75, 3.05) is 5.75 Å². The van der Waals surface area contributed by atoms with Crippen molar-refractivity contribution in [2.45, 2.75) is 13.5 Å². The fraction of sp³-hybridized carbons (Fsp3) is 0.600. The lowest BCUT2D eigenvalue weighted by Gasteiger charge is -1.94. The second kappa shape index (κ2) is 3.54. The predicted molar refractivity (Wildman–Crippen MR) is 46.0 cm³/mol. The van der Waals surface area contributed by atoms with Crippen molar-refractivity contribution < 1.29 is 12.3 Å². The Bertz CT molecular complexity index is 447. The lowest BCUT2D eigenvalue weighted by atomic mass is 10.8. The Morgan fingerprint density at radius 3 is 2.62 bits per heavy atom. The molecule has 0 unspecified atom stereocenters. The van der Waals surface area contributed by atoms with Gasteiger partial charge in [0.05, 0.1) is 12.3 Å². The Labute approximate surface area is 78.0 Å². The van der Waals surface area contributed by atoms with Crippen LogP contribution in [0.3, 0.4) is 0 Å². The molecule has 74 valence electrons. The Kier molecular flexibility index (Phi) is 2.81. The molecule has 1 aromatic heterocycles. The number of aromatic nitrogens is 2. The molecule has 0 spiro atoms. The average Bonchev–Trinajstić information content (AvgIpc) is 2.24. The van der Waals surface area contributed by atoms with Gasteiger partial charge in [0.1, 0.15) is 5.01 Å². The largest absolute Gasteiger partial charge is 0.325 e. The van der Waals surface area contributed by atoms with Gasteiger partial charge < -0.3 is 0 Å². The molecule has 0 bridgehead atoms. The summed E-state index contributed by atoms with van der Waals surface area (Å²) in [7, 11) is -4.52. The molecule has 0 aliphatic rings. The third-order valence-corrected chi connectivity index (χ3v) is 2.69. The second-order valence-electron chi connectivity index (χ2n) is 2.35. The molecule has 0 amide bonds. The second-order valence-corrected chi connectivity index (χ2v) is 4.98. The van der Waals surface area contributed by atoms with Crippen LogP contribution in [-0.4, -0.2) is 24.0 Å². The fourth-order valence-electron chi connectivity index (χ4n) is 0.747. The zero-order valence-electron chi connectivity index (χ0n) is 6.73. The molecule has 0 radical (unpaired) electrons. The van der Waals surface area contributed by atoms with Crippen molar-refractivity contribution in [1.82, 2.24) is 9.78 Å². The first-order valence-corrected chi connectivity index (χ1v) is 5.72. The predicted octanol–water partition coefficient (Wildman–Crippen LogP) is -0.0875. The van der Waals surface area contributed by atoms with Gasteiger partial charge in [-0.15, -0.1) is 3.89 Å². The molecule has 1 rings (SSSR count). The van der Waals surface area contributed by atoms with E-state index in [0.717, 1.165) is 16.0 Å². The molecule has 0 fully saturated rings. The molecule has 0 saturated carbocycles. The van der Waals surface area contributed by atoms with Crippen LogP contribution in [0.25, 0.3) is 0 Å². The van der Waals surface area contributed by atoms with E-state index >= 15 is 0 Å². The smallest absolute Gasteiger partial charge is 0.255 e. The Hall–Kier alpha value is -0.760. The normalized spacial score (nSPS) is 11.8. The minimum Gasteiger partial charge on any atom is -0.255 e. The molecule has 8 heteroatoms. The van der Waals surface area contributed by atoms with E-state index < -0.39 is 16.0 Å². The minimum absolute atomic E-state index is 0.234. The summed E-state index contributed by atoms with van der Waals surface area (Å²) < 4.78 is 33.2. The number of nitrogens with zero attached hydrogens (tertiary/aromatic N) is 2. The molecule has 0 aromatic carbocycles. The highest BCUT2D eigenvalue weighted by molar-refractivity contribution is 7.86. The highest BCUT2D eigenvalue weighted by Gasteiger charge is 2.09. The van der Waals surface area contributed by atoms with E-state index in [2.05, 4.69) is 5.10 Å². The van der Waals surface area contributed by atoms with Crippen molar-refractivity contribution in [3.8, 4) is 0 Å². The van der Waals surface area contributed by atoms with E-state index in [1.807, 2.05) is 0 Å². The monoisotopic (exact) mass is 226 g/mol. The molecule has 1 aromatic rings. The van der Waals surface area contributed by atoms with Crippen LogP contribution in [0.15, 0.2) is 4.79 Å². The lowest BCUT2D eigenvalue weighted by molar-refractivity contribution is 0.537. The molecule has 1 heterocycles. The van der Waals surface area contributed by atoms with Gasteiger partial charge >= 0.3 is 15.1 Å². The van der Waals surface area contributed by atoms with Gasteiger partial charge in [0.2, 0.25) is 0 Å². The summed E-state index contributed by atoms with van der Waals surface area (Å²) >= 11 is 0.899. The third kappa shape index (κ3) is 3.23. The van der Waals surface area contributed by atoms with Crippen molar-refractivity contribution in [3.63, 3.8) is 0 Å². The SMILES string of the molecule is Cc1nn(CCS(=O)(=O)F)c(=O)s1. The standard InChI is InChI=1S/C5H7FN2O3S2/c1-4-7-8(5(9)12-4)2-3-13(6,10)11/h2-3H2,1H3. The summed E-state index contributed by atoms with van der Waals surface area (Å²) in [6, 6.07) is 0. The Balaban J connectivity index is 2.76. The topological polar surface area (TPSA) is 69.0 Å². The van der Waals surface area contributed by atoms with E-state index in [1.165, 1.54) is 0 Å². The van der Waals surface area contributed by atoms with Crippen molar-refractivity contribution in [1.29, 1.82) is 0 Å². The molecule has 5 nitrogen and oxygen atoms in total. The van der Waals surface area contributed by atoms with Gasteiger partial charge in [-0.25, -0.2) is 4.68 Å². The van der Waals surface area contributed by atoms with Crippen LogP contribution in [0.5, 0.6) is 0 Å². The number of halogens is 1. The zero-order chi connectivity index (χ0) is 10.1. The van der Waals surface area contributed by atoms with Crippen LogP contribution in [0, 0.1) is 6.92 Å². The summed E-state index contributed by atoms with van der Waals surface area (Å²) in [5.74, 6) is -0.712. The molecule has 0 N–H and O–H groups in total. The first-order chi connectivity index (χ1) is 5.88. The Morgan fingerprint density at radius 2 is 2.23 bits per heavy atom. The fourth-order valence-corrected chi connectivity index (χ4v) is 1.77. The van der Waals surface area contributed by atoms with E-state index in [0.29, 0.717) is 5.01 Å². The van der Waals surface area contributed by atoms with Crippen molar-refractivity contribution in [3.05, 3.63) is 14.7 Å². The molecule has 0 aliphatic carbocycles. The lowest BCUT2D eigenvalue weighted by Crippen LogP contribution is -2.19. The maximum absolute atomic E-state index is 12.0. The first kappa shape index (κ1) is 10.3. The van der Waals surface area contributed by atoms with Crippen LogP contribution in [0.2, 0.25) is 0 Å². The van der Waals surface area contributed by atoms with E-state index in [4.69, 9.17) is 0 Å². The molecule has 0 atom stereocenters. The van der Waals surface area contributed by atoms with Gasteiger partial charge in [0.25, 0.3) is 0 Å². The zero-order valence-corrected chi connectivity index (χ0v) is 8.36. The van der Waals surface area contributed by atoms with Gasteiger partial charge in [0, 0.05) is 0 Å². The number of aryl methyl sites for hydroxylation is 2. The molecule has 0 aliphatic heterocycles. The van der Waals surface area contributed by atoms with Crippen molar-refractivity contribution in [2.24, 2.45) is 0 Å². The van der Waals surface area contributed by atoms with Crippen LogP contribution in [0.1, 0.15) is 5.01 Å². The maximum atomic E-state index is 12.0. The average molecular weight is 226 g/mol. The van der Waals surface area contributed by atoms with Crippen LogP contribution in [0.4, 0.5) is 3.89 Å². The van der Waals surface area contributed by atoms with E-state index in [9.17, 15) is 17.1 Å². The first-order valence-electron chi connectivity index (χ1n) is 3.35. The number of hydrogen-bond donors (Lipinski definition) is 0. The third-order valence-electron chi connectivity index (χ3n) is 1.25. The summed E-state index contributed by atoms with van der Waals surface area (Å²) in [4.78, 5) is 10.6. The molecule has 0 saturated heterocycles. The van der Waals surface area contributed by atoms with Gasteiger partial charge in [-0.05, 0) is 6.92 Å². The van der Waals surface area contributed by atoms with E-state index in [1.54, 1.807) is 6.92 Å². The summed E-state index contributed by atoms with van der Waals surface area (Å²) in [5.41, 5.74) is 0. The summed E-state index contributed by atoms with van der Waals surface area (Å²) in [6.45, 7) is 1.38. The van der Waals surface area contributed by atoms with Gasteiger partial charge in [-0.1, -0.05) is 11.3 Å². The van der Waals surface area contributed by atoms with Crippen LogP contribution in [-0.2, 0) is 16.8 Å². The highest BCUT2D eigenvalue weighted by atomic mass is 32.3. The molecular weight excluding hydrogens is 219 g/mol. The highest BCUT2D eigenvalue weighted by Crippen LogP contribution is 1.96.